The van der Waals surface area contributed by atoms with E-state index in [-0.39, 0.29) is 17.4 Å². The summed E-state index contributed by atoms with van der Waals surface area (Å²) >= 11 is 0. The van der Waals surface area contributed by atoms with E-state index in [1.165, 1.54) is 6.92 Å². The summed E-state index contributed by atoms with van der Waals surface area (Å²) in [5.74, 6) is 0.0210. The van der Waals surface area contributed by atoms with Crippen molar-refractivity contribution in [2.24, 2.45) is 0 Å². The molecule has 0 spiro atoms. The summed E-state index contributed by atoms with van der Waals surface area (Å²) in [6.45, 7) is 4.81. The van der Waals surface area contributed by atoms with Crippen LogP contribution in [0.4, 0.5) is 11.6 Å². The van der Waals surface area contributed by atoms with Crippen molar-refractivity contribution in [1.29, 1.82) is 0 Å². The molecule has 1 aromatic carbocycles. The molecule has 7 nitrogen and oxygen atoms in total. The lowest BCUT2D eigenvalue weighted by molar-refractivity contribution is 0.100. The summed E-state index contributed by atoms with van der Waals surface area (Å²) in [4.78, 5) is 34.5. The number of amides is 1. The number of Topliss-reactive ketones (excluding diaryl/α,β-unsaturated/α-hetero) is 1. The number of ketones is 1. The van der Waals surface area contributed by atoms with Gasteiger partial charge in [0.25, 0.3) is 5.91 Å². The molecule has 0 aliphatic rings. The maximum absolute atomic E-state index is 12.5. The smallest absolute Gasteiger partial charge is 0.274 e. The molecule has 2 aromatic rings. The third-order valence-electron chi connectivity index (χ3n) is 3.46. The van der Waals surface area contributed by atoms with Crippen LogP contribution < -0.4 is 10.6 Å². The molecule has 2 N–H and O–H groups in total. The van der Waals surface area contributed by atoms with Gasteiger partial charge >= 0.3 is 0 Å². The molecular weight excluding hydrogens is 318 g/mol. The number of benzene rings is 1. The van der Waals surface area contributed by atoms with Gasteiger partial charge in [0.15, 0.2) is 5.78 Å². The van der Waals surface area contributed by atoms with Crippen molar-refractivity contribution in [3.63, 3.8) is 0 Å². The molecule has 0 unspecified atom stereocenters. The molecule has 25 heavy (non-hydrogen) atoms. The number of nitrogens with one attached hydrogen (secondary N) is 2. The molecule has 1 aromatic heterocycles. The quantitative estimate of drug-likeness (QED) is 0.751. The Balaban J connectivity index is 2.12. The molecule has 1 amide bonds. The van der Waals surface area contributed by atoms with Crippen LogP contribution in [-0.4, -0.2) is 53.7 Å². The first-order valence-electron chi connectivity index (χ1n) is 8.02. The van der Waals surface area contributed by atoms with E-state index in [0.717, 1.165) is 6.54 Å². The normalized spacial score (nSPS) is 10.6. The fourth-order valence-corrected chi connectivity index (χ4v) is 2.17. The van der Waals surface area contributed by atoms with Gasteiger partial charge < -0.3 is 15.5 Å². The van der Waals surface area contributed by atoms with Gasteiger partial charge in [-0.1, -0.05) is 12.1 Å². The molecule has 0 atom stereocenters. The molecule has 0 fully saturated rings. The minimum atomic E-state index is -0.345. The average molecular weight is 341 g/mol. The highest BCUT2D eigenvalue weighted by Crippen LogP contribution is 2.13. The Labute approximate surface area is 147 Å². The Morgan fingerprint density at radius 2 is 1.92 bits per heavy atom. The molecule has 0 aliphatic carbocycles. The van der Waals surface area contributed by atoms with Crippen LogP contribution in [0.3, 0.4) is 0 Å². The number of aryl methyl sites for hydroxylation is 1. The zero-order chi connectivity index (χ0) is 18.4. The van der Waals surface area contributed by atoms with E-state index in [0.29, 0.717) is 29.4 Å². The standard InChI is InChI=1S/C18H23N5O2/c1-12-10-16(22-18(20-12)19-8-9-23(3)4)17(25)21-15-7-5-6-14(11-15)13(2)24/h5-7,10-11H,8-9H2,1-4H3,(H,21,25)(H,19,20,22). The Bertz CT molecular complexity index is 774. The highest BCUT2D eigenvalue weighted by Gasteiger charge is 2.12. The number of carbonyl (C=O) groups excluding carboxylic acids is 2. The zero-order valence-corrected chi connectivity index (χ0v) is 15.0. The van der Waals surface area contributed by atoms with E-state index < -0.39 is 0 Å². The zero-order valence-electron chi connectivity index (χ0n) is 15.0. The van der Waals surface area contributed by atoms with Crippen LogP contribution >= 0.6 is 0 Å². The third-order valence-corrected chi connectivity index (χ3v) is 3.46. The molecule has 2 rings (SSSR count). The second-order valence-corrected chi connectivity index (χ2v) is 6.04. The van der Waals surface area contributed by atoms with E-state index in [1.807, 2.05) is 25.9 Å². The Hall–Kier alpha value is -2.80. The Kier molecular flexibility index (Phi) is 6.19. The van der Waals surface area contributed by atoms with Gasteiger partial charge in [-0.25, -0.2) is 9.97 Å². The molecule has 7 heteroatoms. The van der Waals surface area contributed by atoms with Gasteiger partial charge in [0, 0.05) is 30.0 Å². The molecule has 0 radical (unpaired) electrons. The van der Waals surface area contributed by atoms with Crippen molar-refractivity contribution in [1.82, 2.24) is 14.9 Å². The summed E-state index contributed by atoms with van der Waals surface area (Å²) in [6, 6.07) is 8.44. The fourth-order valence-electron chi connectivity index (χ4n) is 2.17. The second-order valence-electron chi connectivity index (χ2n) is 6.04. The molecule has 0 bridgehead atoms. The second kappa shape index (κ2) is 8.34. The maximum Gasteiger partial charge on any atom is 0.274 e. The average Bonchev–Trinajstić information content (AvgIpc) is 2.54. The largest absolute Gasteiger partial charge is 0.353 e. The van der Waals surface area contributed by atoms with Gasteiger partial charge in [-0.05, 0) is 46.1 Å². The summed E-state index contributed by atoms with van der Waals surface area (Å²) in [7, 11) is 3.96. The first-order valence-corrected chi connectivity index (χ1v) is 8.02. The number of aromatic nitrogens is 2. The van der Waals surface area contributed by atoms with Crippen molar-refractivity contribution >= 4 is 23.3 Å². The first kappa shape index (κ1) is 18.5. The van der Waals surface area contributed by atoms with E-state index in [9.17, 15) is 9.59 Å². The minimum Gasteiger partial charge on any atom is -0.353 e. The third kappa shape index (κ3) is 5.65. The number of hydrogen-bond donors (Lipinski definition) is 2. The number of rotatable bonds is 7. The van der Waals surface area contributed by atoms with Crippen LogP contribution in [0.2, 0.25) is 0 Å². The van der Waals surface area contributed by atoms with Crippen LogP contribution in [0.5, 0.6) is 0 Å². The van der Waals surface area contributed by atoms with Crippen LogP contribution in [0.15, 0.2) is 30.3 Å². The van der Waals surface area contributed by atoms with Gasteiger partial charge in [-0.2, -0.15) is 0 Å². The molecular formula is C18H23N5O2. The fraction of sp³-hybridized carbons (Fsp3) is 0.333. The van der Waals surface area contributed by atoms with Gasteiger partial charge in [0.1, 0.15) is 5.69 Å². The summed E-state index contributed by atoms with van der Waals surface area (Å²) in [6.07, 6.45) is 0. The highest BCUT2D eigenvalue weighted by molar-refractivity contribution is 6.04. The summed E-state index contributed by atoms with van der Waals surface area (Å²) in [5, 5.41) is 5.88. The topological polar surface area (TPSA) is 87.2 Å². The maximum atomic E-state index is 12.5. The lowest BCUT2D eigenvalue weighted by atomic mass is 10.1. The number of anilines is 2. The van der Waals surface area contributed by atoms with Crippen molar-refractivity contribution in [3.8, 4) is 0 Å². The molecule has 1 heterocycles. The van der Waals surface area contributed by atoms with Crippen molar-refractivity contribution in [3.05, 3.63) is 47.3 Å². The Morgan fingerprint density at radius 1 is 1.16 bits per heavy atom. The number of hydrogen-bond acceptors (Lipinski definition) is 6. The Morgan fingerprint density at radius 3 is 2.60 bits per heavy atom. The van der Waals surface area contributed by atoms with E-state index >= 15 is 0 Å². The van der Waals surface area contributed by atoms with Crippen LogP contribution in [0, 0.1) is 6.92 Å². The predicted octanol–water partition coefficient (Wildman–Crippen LogP) is 2.21. The first-order chi connectivity index (χ1) is 11.8. The number of nitrogens with zero attached hydrogens (tertiary/aromatic N) is 3. The van der Waals surface area contributed by atoms with Crippen LogP contribution in [0.25, 0.3) is 0 Å². The predicted molar refractivity (Wildman–Crippen MR) is 98.2 cm³/mol. The van der Waals surface area contributed by atoms with E-state index in [2.05, 4.69) is 20.6 Å². The lowest BCUT2D eigenvalue weighted by Gasteiger charge is -2.12. The summed E-state index contributed by atoms with van der Waals surface area (Å²) in [5.41, 5.74) is 2.07. The minimum absolute atomic E-state index is 0.0543. The van der Waals surface area contributed by atoms with Crippen LogP contribution in [0.1, 0.15) is 33.5 Å². The van der Waals surface area contributed by atoms with Gasteiger partial charge in [-0.3, -0.25) is 9.59 Å². The number of carbonyl (C=O) groups is 2. The van der Waals surface area contributed by atoms with Crippen molar-refractivity contribution < 1.29 is 9.59 Å². The van der Waals surface area contributed by atoms with Crippen molar-refractivity contribution in [2.45, 2.75) is 13.8 Å². The van der Waals surface area contributed by atoms with Gasteiger partial charge in [0.05, 0.1) is 0 Å². The summed E-state index contributed by atoms with van der Waals surface area (Å²) < 4.78 is 0. The van der Waals surface area contributed by atoms with Gasteiger partial charge in [-0.15, -0.1) is 0 Å². The van der Waals surface area contributed by atoms with E-state index in [1.54, 1.807) is 30.3 Å². The highest BCUT2D eigenvalue weighted by atomic mass is 16.2. The lowest BCUT2D eigenvalue weighted by Crippen LogP contribution is -2.22. The molecule has 0 aliphatic heterocycles. The molecule has 0 saturated carbocycles. The van der Waals surface area contributed by atoms with Gasteiger partial charge in [0.2, 0.25) is 5.95 Å². The monoisotopic (exact) mass is 341 g/mol. The van der Waals surface area contributed by atoms with E-state index in [4.69, 9.17) is 0 Å². The van der Waals surface area contributed by atoms with Crippen molar-refractivity contribution in [2.75, 3.05) is 37.8 Å². The molecule has 132 valence electrons. The van der Waals surface area contributed by atoms with Crippen LogP contribution in [-0.2, 0) is 0 Å². The molecule has 0 saturated heterocycles. The number of likely N-dealkylation sites (N-methyl/N-ethyl adjacent to an activating group) is 1. The SMILES string of the molecule is CC(=O)c1cccc(NC(=O)c2cc(C)nc(NCCN(C)C)n2)c1.